The van der Waals surface area contributed by atoms with Gasteiger partial charge in [-0.25, -0.2) is 9.97 Å². The van der Waals surface area contributed by atoms with Gasteiger partial charge in [0.15, 0.2) is 5.82 Å². The number of thiophene rings is 1. The zero-order chi connectivity index (χ0) is 17.1. The fourth-order valence-electron chi connectivity index (χ4n) is 2.78. The van der Waals surface area contributed by atoms with Crippen molar-refractivity contribution in [2.45, 2.75) is 12.5 Å². The molecule has 4 aromatic rings. The first-order valence-corrected chi connectivity index (χ1v) is 8.99. The van der Waals surface area contributed by atoms with Crippen molar-refractivity contribution < 1.29 is 9.52 Å². The highest BCUT2D eigenvalue weighted by Gasteiger charge is 2.17. The Kier molecular flexibility index (Phi) is 4.45. The standard InChI is InChI=1S/C19H17N3O2S/c23-9-7-16(17-6-3-10-24-17)21-19-14-4-1-2-5-15(14)20-18(22-19)13-8-11-25-12-13/h1-6,8,10-12,16,23H,7,9H2,(H,20,21,22). The van der Waals surface area contributed by atoms with Crippen molar-refractivity contribution in [1.29, 1.82) is 0 Å². The molecule has 0 aliphatic rings. The molecule has 0 amide bonds. The molecule has 126 valence electrons. The van der Waals surface area contributed by atoms with E-state index in [0.29, 0.717) is 12.2 Å². The van der Waals surface area contributed by atoms with Crippen molar-refractivity contribution in [3.05, 3.63) is 65.2 Å². The molecule has 0 aliphatic carbocycles. The highest BCUT2D eigenvalue weighted by atomic mass is 32.1. The number of aliphatic hydroxyl groups is 1. The molecule has 0 aliphatic heterocycles. The van der Waals surface area contributed by atoms with Crippen LogP contribution in [0.25, 0.3) is 22.3 Å². The largest absolute Gasteiger partial charge is 0.467 e. The molecule has 1 aromatic carbocycles. The predicted molar refractivity (Wildman–Crippen MR) is 99.6 cm³/mol. The van der Waals surface area contributed by atoms with Gasteiger partial charge < -0.3 is 14.8 Å². The number of hydrogen-bond acceptors (Lipinski definition) is 6. The molecule has 3 heterocycles. The lowest BCUT2D eigenvalue weighted by atomic mass is 10.1. The summed E-state index contributed by atoms with van der Waals surface area (Å²) in [7, 11) is 0. The predicted octanol–water partition coefficient (Wildman–Crippen LogP) is 4.49. The van der Waals surface area contributed by atoms with Crippen LogP contribution in [0.3, 0.4) is 0 Å². The van der Waals surface area contributed by atoms with Crippen molar-refractivity contribution >= 4 is 28.1 Å². The maximum absolute atomic E-state index is 9.42. The number of anilines is 1. The molecule has 0 spiro atoms. The number of nitrogens with zero attached hydrogens (tertiary/aromatic N) is 2. The number of rotatable bonds is 6. The molecule has 25 heavy (non-hydrogen) atoms. The summed E-state index contributed by atoms with van der Waals surface area (Å²) in [5.41, 5.74) is 1.87. The Morgan fingerprint density at radius 1 is 1.12 bits per heavy atom. The van der Waals surface area contributed by atoms with Crippen molar-refractivity contribution in [1.82, 2.24) is 9.97 Å². The summed E-state index contributed by atoms with van der Waals surface area (Å²) < 4.78 is 5.52. The van der Waals surface area contributed by atoms with E-state index in [-0.39, 0.29) is 12.6 Å². The summed E-state index contributed by atoms with van der Waals surface area (Å²) in [6.45, 7) is 0.0543. The maximum Gasteiger partial charge on any atom is 0.162 e. The molecule has 1 atom stereocenters. The summed E-state index contributed by atoms with van der Waals surface area (Å²) in [6.07, 6.45) is 2.16. The van der Waals surface area contributed by atoms with E-state index in [2.05, 4.69) is 10.3 Å². The van der Waals surface area contributed by atoms with Crippen LogP contribution in [0.5, 0.6) is 0 Å². The Morgan fingerprint density at radius 2 is 2.04 bits per heavy atom. The van der Waals surface area contributed by atoms with Gasteiger partial charge in [-0.3, -0.25) is 0 Å². The summed E-state index contributed by atoms with van der Waals surface area (Å²) in [5.74, 6) is 2.19. The van der Waals surface area contributed by atoms with Crippen molar-refractivity contribution in [2.24, 2.45) is 0 Å². The number of aliphatic hydroxyl groups excluding tert-OH is 1. The summed E-state index contributed by atoms with van der Waals surface area (Å²) >= 11 is 1.62. The Morgan fingerprint density at radius 3 is 2.80 bits per heavy atom. The van der Waals surface area contributed by atoms with Crippen molar-refractivity contribution in [3.63, 3.8) is 0 Å². The van der Waals surface area contributed by atoms with Crippen LogP contribution in [0, 0.1) is 0 Å². The van der Waals surface area contributed by atoms with E-state index < -0.39 is 0 Å². The van der Waals surface area contributed by atoms with E-state index in [1.165, 1.54) is 0 Å². The zero-order valence-corrected chi connectivity index (χ0v) is 14.2. The van der Waals surface area contributed by atoms with Gasteiger partial charge in [0.2, 0.25) is 0 Å². The third kappa shape index (κ3) is 3.26. The minimum absolute atomic E-state index is 0.0543. The fraction of sp³-hybridized carbons (Fsp3) is 0.158. The molecule has 4 rings (SSSR count). The first-order valence-electron chi connectivity index (χ1n) is 8.05. The number of hydrogen-bond donors (Lipinski definition) is 2. The second-order valence-electron chi connectivity index (χ2n) is 5.65. The fourth-order valence-corrected chi connectivity index (χ4v) is 3.41. The molecule has 2 N–H and O–H groups in total. The number of fused-ring (bicyclic) bond motifs is 1. The summed E-state index contributed by atoms with van der Waals surface area (Å²) in [6, 6.07) is 13.5. The smallest absolute Gasteiger partial charge is 0.162 e. The van der Waals surface area contributed by atoms with E-state index in [9.17, 15) is 5.11 Å². The molecule has 0 saturated carbocycles. The average molecular weight is 351 g/mol. The molecular weight excluding hydrogens is 334 g/mol. The van der Waals surface area contributed by atoms with Crippen LogP contribution in [-0.2, 0) is 0 Å². The lowest BCUT2D eigenvalue weighted by molar-refractivity contribution is 0.273. The third-order valence-corrected chi connectivity index (χ3v) is 4.68. The van der Waals surface area contributed by atoms with Crippen molar-refractivity contribution in [2.75, 3.05) is 11.9 Å². The number of furan rings is 1. The van der Waals surface area contributed by atoms with Crippen LogP contribution in [0.1, 0.15) is 18.2 Å². The number of benzene rings is 1. The molecule has 0 fully saturated rings. The van der Waals surface area contributed by atoms with Crippen LogP contribution in [0.2, 0.25) is 0 Å². The van der Waals surface area contributed by atoms with Crippen LogP contribution in [-0.4, -0.2) is 21.7 Å². The second-order valence-corrected chi connectivity index (χ2v) is 6.43. The maximum atomic E-state index is 9.42. The summed E-state index contributed by atoms with van der Waals surface area (Å²) in [5, 5.41) is 17.8. The quantitative estimate of drug-likeness (QED) is 0.536. The molecular formula is C19H17N3O2S. The third-order valence-electron chi connectivity index (χ3n) is 4.00. The number of aromatic nitrogens is 2. The minimum atomic E-state index is -0.159. The Labute approximate surface area is 149 Å². The van der Waals surface area contributed by atoms with E-state index in [0.717, 1.165) is 28.0 Å². The van der Waals surface area contributed by atoms with Gasteiger partial charge in [-0.15, -0.1) is 0 Å². The van der Waals surface area contributed by atoms with Crippen LogP contribution in [0.4, 0.5) is 5.82 Å². The number of nitrogens with one attached hydrogen (secondary N) is 1. The molecule has 1 unspecified atom stereocenters. The van der Waals surface area contributed by atoms with Crippen LogP contribution < -0.4 is 5.32 Å². The zero-order valence-electron chi connectivity index (χ0n) is 13.4. The molecule has 0 bridgehead atoms. The lowest BCUT2D eigenvalue weighted by Crippen LogP contribution is -2.13. The minimum Gasteiger partial charge on any atom is -0.467 e. The average Bonchev–Trinajstić information content (AvgIpc) is 3.35. The lowest BCUT2D eigenvalue weighted by Gasteiger charge is -2.18. The van der Waals surface area contributed by atoms with Crippen LogP contribution in [0.15, 0.2) is 63.9 Å². The molecule has 5 nitrogen and oxygen atoms in total. The Hall–Kier alpha value is -2.70. The Balaban J connectivity index is 1.79. The van der Waals surface area contributed by atoms with Gasteiger partial charge in [-0.2, -0.15) is 11.3 Å². The van der Waals surface area contributed by atoms with E-state index in [4.69, 9.17) is 9.40 Å². The first-order chi connectivity index (χ1) is 12.3. The highest BCUT2D eigenvalue weighted by Crippen LogP contribution is 2.29. The molecule has 0 saturated heterocycles. The SMILES string of the molecule is OCCC(Nc1nc(-c2ccsc2)nc2ccccc12)c1ccco1. The second kappa shape index (κ2) is 7.04. The van der Waals surface area contributed by atoms with Gasteiger partial charge in [0.1, 0.15) is 11.6 Å². The van der Waals surface area contributed by atoms with Gasteiger partial charge >= 0.3 is 0 Å². The van der Waals surface area contributed by atoms with E-state index in [1.54, 1.807) is 17.6 Å². The van der Waals surface area contributed by atoms with Gasteiger partial charge in [0.05, 0.1) is 17.8 Å². The van der Waals surface area contributed by atoms with Gasteiger partial charge in [-0.05, 0) is 42.1 Å². The normalized spacial score (nSPS) is 12.4. The van der Waals surface area contributed by atoms with Gasteiger partial charge in [0.25, 0.3) is 0 Å². The highest BCUT2D eigenvalue weighted by molar-refractivity contribution is 7.08. The Bertz CT molecular complexity index is 952. The monoisotopic (exact) mass is 351 g/mol. The first kappa shape index (κ1) is 15.8. The van der Waals surface area contributed by atoms with Gasteiger partial charge in [0, 0.05) is 22.9 Å². The molecule has 0 radical (unpaired) electrons. The topological polar surface area (TPSA) is 71.2 Å². The summed E-state index contributed by atoms with van der Waals surface area (Å²) in [4.78, 5) is 9.41. The molecule has 3 aromatic heterocycles. The molecule has 6 heteroatoms. The van der Waals surface area contributed by atoms with Gasteiger partial charge in [-0.1, -0.05) is 12.1 Å². The van der Waals surface area contributed by atoms with Crippen LogP contribution >= 0.6 is 11.3 Å². The van der Waals surface area contributed by atoms with Crippen molar-refractivity contribution in [3.8, 4) is 11.4 Å². The van der Waals surface area contributed by atoms with E-state index in [1.807, 2.05) is 53.2 Å². The number of para-hydroxylation sites is 1. The van der Waals surface area contributed by atoms with E-state index >= 15 is 0 Å².